The van der Waals surface area contributed by atoms with Gasteiger partial charge in [0.2, 0.25) is 0 Å². The van der Waals surface area contributed by atoms with E-state index in [0.29, 0.717) is 18.4 Å². The van der Waals surface area contributed by atoms with Crippen LogP contribution in [-0.2, 0) is 24.1 Å². The summed E-state index contributed by atoms with van der Waals surface area (Å²) in [4.78, 5) is 10.5. The molecule has 104 valence electrons. The van der Waals surface area contributed by atoms with Crippen LogP contribution in [0.3, 0.4) is 0 Å². The molecule has 1 N–H and O–H groups in total. The number of fused-ring (bicyclic) bond motifs is 1. The summed E-state index contributed by atoms with van der Waals surface area (Å²) in [5.74, 6) is -0.243. The van der Waals surface area contributed by atoms with Crippen molar-refractivity contribution in [3.63, 3.8) is 0 Å². The van der Waals surface area contributed by atoms with Crippen molar-refractivity contribution in [2.45, 2.75) is 44.9 Å². The van der Waals surface area contributed by atoms with E-state index in [1.165, 1.54) is 0 Å². The minimum atomic E-state index is -0.842. The first-order valence-corrected chi connectivity index (χ1v) is 6.72. The van der Waals surface area contributed by atoms with Crippen LogP contribution in [0.5, 0.6) is 5.75 Å². The van der Waals surface area contributed by atoms with E-state index < -0.39 is 5.97 Å². The number of aryl methyl sites for hydroxylation is 1. The molecule has 0 aliphatic heterocycles. The second-order valence-corrected chi connectivity index (χ2v) is 4.96. The Bertz CT molecular complexity index is 483. The highest BCUT2D eigenvalue weighted by Crippen LogP contribution is 2.34. The maximum absolute atomic E-state index is 14.4. The van der Waals surface area contributed by atoms with E-state index in [1.54, 1.807) is 13.2 Å². The lowest BCUT2D eigenvalue weighted by atomic mass is 9.88. The van der Waals surface area contributed by atoms with Crippen LogP contribution >= 0.6 is 0 Å². The number of ether oxygens (including phenoxy) is 1. The van der Waals surface area contributed by atoms with Gasteiger partial charge in [0.15, 0.2) is 0 Å². The smallest absolute Gasteiger partial charge is 0.303 e. The number of carboxylic acids is 1. The molecule has 4 heteroatoms. The van der Waals surface area contributed by atoms with Gasteiger partial charge in [0, 0.05) is 12.0 Å². The highest BCUT2D eigenvalue weighted by Gasteiger charge is 2.21. The minimum Gasteiger partial charge on any atom is -0.496 e. The first-order valence-electron chi connectivity index (χ1n) is 6.72. The Morgan fingerprint density at radius 1 is 1.37 bits per heavy atom. The Hall–Kier alpha value is -1.58. The fourth-order valence-electron chi connectivity index (χ4n) is 2.72. The minimum absolute atomic E-state index is 0.0683. The maximum atomic E-state index is 14.4. The zero-order valence-corrected chi connectivity index (χ0v) is 11.2. The van der Waals surface area contributed by atoms with E-state index in [0.717, 1.165) is 42.6 Å². The first-order chi connectivity index (χ1) is 9.13. The van der Waals surface area contributed by atoms with Crippen LogP contribution in [0, 0.1) is 5.82 Å². The highest BCUT2D eigenvalue weighted by molar-refractivity contribution is 5.66. The summed E-state index contributed by atoms with van der Waals surface area (Å²) in [6.45, 7) is 0. The number of aliphatic carboxylic acids is 1. The van der Waals surface area contributed by atoms with E-state index in [-0.39, 0.29) is 12.2 Å². The zero-order valence-electron chi connectivity index (χ0n) is 11.2. The summed E-state index contributed by atoms with van der Waals surface area (Å²) in [6, 6.07) is 1.74. The van der Waals surface area contributed by atoms with Gasteiger partial charge in [-0.05, 0) is 55.7 Å². The van der Waals surface area contributed by atoms with Crippen LogP contribution in [-0.4, -0.2) is 18.2 Å². The summed E-state index contributed by atoms with van der Waals surface area (Å²) in [5, 5.41) is 8.64. The van der Waals surface area contributed by atoms with Crippen LogP contribution in [0.25, 0.3) is 0 Å². The maximum Gasteiger partial charge on any atom is 0.303 e. The van der Waals surface area contributed by atoms with Crippen LogP contribution in [0.1, 0.15) is 42.4 Å². The van der Waals surface area contributed by atoms with Crippen molar-refractivity contribution in [2.24, 2.45) is 0 Å². The van der Waals surface area contributed by atoms with Crippen molar-refractivity contribution >= 4 is 5.97 Å². The van der Waals surface area contributed by atoms with Crippen molar-refractivity contribution in [3.8, 4) is 5.75 Å². The summed E-state index contributed by atoms with van der Waals surface area (Å²) in [5.41, 5.74) is 2.35. The van der Waals surface area contributed by atoms with E-state index >= 15 is 0 Å². The third-order valence-electron chi connectivity index (χ3n) is 3.67. The van der Waals surface area contributed by atoms with Crippen molar-refractivity contribution in [2.75, 3.05) is 7.11 Å². The third-order valence-corrected chi connectivity index (χ3v) is 3.67. The molecule has 0 radical (unpaired) electrons. The molecule has 2 rings (SSSR count). The van der Waals surface area contributed by atoms with Crippen molar-refractivity contribution in [3.05, 3.63) is 28.6 Å². The Morgan fingerprint density at radius 2 is 2.05 bits per heavy atom. The standard InChI is InChI=1S/C15H19FO3/c1-19-13-9-10(5-4-8-14(17)18)15(16)12-7-3-2-6-11(12)13/h9H,2-8H2,1H3,(H,17,18). The molecular weight excluding hydrogens is 247 g/mol. The normalized spacial score (nSPS) is 14.0. The van der Waals surface area contributed by atoms with Gasteiger partial charge >= 0.3 is 5.97 Å². The molecule has 1 aromatic carbocycles. The van der Waals surface area contributed by atoms with Crippen molar-refractivity contribution in [1.29, 1.82) is 0 Å². The third kappa shape index (κ3) is 3.06. The SMILES string of the molecule is COc1cc(CCCC(=O)O)c(F)c2c1CCCC2. The zero-order chi connectivity index (χ0) is 13.8. The molecule has 19 heavy (non-hydrogen) atoms. The Morgan fingerprint density at radius 3 is 2.68 bits per heavy atom. The number of halogens is 1. The molecule has 1 aliphatic rings. The monoisotopic (exact) mass is 266 g/mol. The fraction of sp³-hybridized carbons (Fsp3) is 0.533. The number of carbonyl (C=O) groups is 1. The van der Waals surface area contributed by atoms with Crippen LogP contribution < -0.4 is 4.74 Å². The fourth-order valence-corrected chi connectivity index (χ4v) is 2.72. The topological polar surface area (TPSA) is 46.5 Å². The van der Waals surface area contributed by atoms with Gasteiger partial charge in [-0.3, -0.25) is 4.79 Å². The van der Waals surface area contributed by atoms with Gasteiger partial charge in [0.25, 0.3) is 0 Å². The average Bonchev–Trinajstić information content (AvgIpc) is 2.41. The van der Waals surface area contributed by atoms with Crippen molar-refractivity contribution < 1.29 is 19.0 Å². The molecule has 0 aromatic heterocycles. The van der Waals surface area contributed by atoms with E-state index in [4.69, 9.17) is 9.84 Å². The predicted molar refractivity (Wildman–Crippen MR) is 70.2 cm³/mol. The lowest BCUT2D eigenvalue weighted by Crippen LogP contribution is -2.10. The molecular formula is C15H19FO3. The average molecular weight is 266 g/mol. The first kappa shape index (κ1) is 13.8. The van der Waals surface area contributed by atoms with Gasteiger partial charge in [-0.15, -0.1) is 0 Å². The molecule has 0 saturated carbocycles. The lowest BCUT2D eigenvalue weighted by molar-refractivity contribution is -0.137. The van der Waals surface area contributed by atoms with Crippen LogP contribution in [0.2, 0.25) is 0 Å². The highest BCUT2D eigenvalue weighted by atomic mass is 19.1. The summed E-state index contributed by atoms with van der Waals surface area (Å²) < 4.78 is 19.7. The van der Waals surface area contributed by atoms with E-state index in [1.807, 2.05) is 0 Å². The Labute approximate surface area is 112 Å². The molecule has 0 atom stereocenters. The van der Waals surface area contributed by atoms with Crippen LogP contribution in [0.4, 0.5) is 4.39 Å². The van der Waals surface area contributed by atoms with Gasteiger partial charge in [-0.2, -0.15) is 0 Å². The number of hydrogen-bond donors (Lipinski definition) is 1. The van der Waals surface area contributed by atoms with Crippen LogP contribution in [0.15, 0.2) is 6.07 Å². The quantitative estimate of drug-likeness (QED) is 0.890. The van der Waals surface area contributed by atoms with E-state index in [2.05, 4.69) is 0 Å². The second kappa shape index (κ2) is 6.04. The molecule has 0 heterocycles. The number of methoxy groups -OCH3 is 1. The molecule has 1 aromatic rings. The van der Waals surface area contributed by atoms with E-state index in [9.17, 15) is 9.18 Å². The van der Waals surface area contributed by atoms with Gasteiger partial charge in [0.1, 0.15) is 11.6 Å². The largest absolute Gasteiger partial charge is 0.496 e. The lowest BCUT2D eigenvalue weighted by Gasteiger charge is -2.21. The molecule has 0 saturated heterocycles. The predicted octanol–water partition coefficient (Wildman–Crippen LogP) is 3.12. The van der Waals surface area contributed by atoms with Gasteiger partial charge < -0.3 is 9.84 Å². The molecule has 0 unspecified atom stereocenters. The van der Waals surface area contributed by atoms with Gasteiger partial charge in [0.05, 0.1) is 7.11 Å². The summed E-state index contributed by atoms with van der Waals surface area (Å²) in [6.07, 6.45) is 4.66. The Balaban J connectivity index is 2.26. The molecule has 0 fully saturated rings. The molecule has 0 bridgehead atoms. The molecule has 1 aliphatic carbocycles. The number of hydrogen-bond acceptors (Lipinski definition) is 2. The van der Waals surface area contributed by atoms with Gasteiger partial charge in [-0.1, -0.05) is 0 Å². The summed E-state index contributed by atoms with van der Waals surface area (Å²) >= 11 is 0. The Kier molecular flexibility index (Phi) is 4.40. The summed E-state index contributed by atoms with van der Waals surface area (Å²) in [7, 11) is 1.60. The molecule has 3 nitrogen and oxygen atoms in total. The van der Waals surface area contributed by atoms with Crippen molar-refractivity contribution in [1.82, 2.24) is 0 Å². The molecule has 0 amide bonds. The number of rotatable bonds is 5. The second-order valence-electron chi connectivity index (χ2n) is 4.96. The van der Waals surface area contributed by atoms with Gasteiger partial charge in [-0.25, -0.2) is 4.39 Å². The number of benzene rings is 1. The molecule has 0 spiro atoms. The number of carboxylic acid groups (broad SMARTS) is 1.